The molecule has 0 saturated carbocycles. The van der Waals surface area contributed by atoms with E-state index in [2.05, 4.69) is 24.5 Å². The fourth-order valence-electron chi connectivity index (χ4n) is 2.03. The zero-order valence-electron chi connectivity index (χ0n) is 9.81. The van der Waals surface area contributed by atoms with E-state index < -0.39 is 0 Å². The van der Waals surface area contributed by atoms with Gasteiger partial charge >= 0.3 is 0 Å². The third kappa shape index (κ3) is 4.97. The molecule has 0 aliphatic carbocycles. The molecule has 14 heavy (non-hydrogen) atoms. The quantitative estimate of drug-likeness (QED) is 0.673. The van der Waals surface area contributed by atoms with Crippen LogP contribution in [-0.4, -0.2) is 26.2 Å². The van der Waals surface area contributed by atoms with E-state index in [1.807, 2.05) is 0 Å². The maximum Gasteiger partial charge on any atom is -0.00201 e. The van der Waals surface area contributed by atoms with Crippen LogP contribution in [0.4, 0.5) is 0 Å². The Morgan fingerprint density at radius 1 is 1.00 bits per heavy atom. The van der Waals surface area contributed by atoms with Gasteiger partial charge in [-0.1, -0.05) is 20.3 Å². The summed E-state index contributed by atoms with van der Waals surface area (Å²) < 4.78 is 0. The molecule has 2 N–H and O–H groups in total. The maximum absolute atomic E-state index is 3.32. The molecular weight excluding hydrogens is 172 g/mol. The molecule has 0 bridgehead atoms. The van der Waals surface area contributed by atoms with Crippen LogP contribution in [0, 0.1) is 11.8 Å². The summed E-state index contributed by atoms with van der Waals surface area (Å²) in [5, 5.41) is 6.64. The lowest BCUT2D eigenvalue weighted by Crippen LogP contribution is -2.26. The molecule has 2 heterocycles. The summed E-state index contributed by atoms with van der Waals surface area (Å²) in [4.78, 5) is 0. The lowest BCUT2D eigenvalue weighted by Gasteiger charge is -2.17. The van der Waals surface area contributed by atoms with Crippen LogP contribution in [0.25, 0.3) is 0 Å². The average Bonchev–Trinajstić information content (AvgIpc) is 2.72. The van der Waals surface area contributed by atoms with Crippen molar-refractivity contribution in [3.8, 4) is 0 Å². The van der Waals surface area contributed by atoms with Gasteiger partial charge in [-0.05, 0) is 57.3 Å². The third-order valence-corrected chi connectivity index (χ3v) is 3.37. The van der Waals surface area contributed by atoms with Gasteiger partial charge in [0, 0.05) is 0 Å². The first-order chi connectivity index (χ1) is 6.83. The molecule has 2 rings (SSSR count). The number of rotatable bonds is 1. The average molecular weight is 198 g/mol. The Morgan fingerprint density at radius 3 is 1.93 bits per heavy atom. The second-order valence-electron chi connectivity index (χ2n) is 4.70. The second kappa shape index (κ2) is 7.24. The topological polar surface area (TPSA) is 24.1 Å². The van der Waals surface area contributed by atoms with Crippen molar-refractivity contribution in [1.29, 1.82) is 0 Å². The van der Waals surface area contributed by atoms with E-state index in [-0.39, 0.29) is 0 Å². The highest BCUT2D eigenvalue weighted by molar-refractivity contribution is 4.68. The van der Waals surface area contributed by atoms with Gasteiger partial charge in [0.1, 0.15) is 0 Å². The van der Waals surface area contributed by atoms with Crippen molar-refractivity contribution in [2.45, 2.75) is 39.5 Å². The fraction of sp³-hybridized carbons (Fsp3) is 1.00. The minimum absolute atomic E-state index is 0.973. The van der Waals surface area contributed by atoms with Gasteiger partial charge in [0.25, 0.3) is 0 Å². The molecule has 0 aromatic rings. The Hall–Kier alpha value is -0.0800. The molecule has 0 spiro atoms. The number of piperidine rings is 1. The number of hydrogen-bond donors (Lipinski definition) is 2. The second-order valence-corrected chi connectivity index (χ2v) is 4.70. The monoisotopic (exact) mass is 198 g/mol. The Labute approximate surface area is 88.8 Å². The largest absolute Gasteiger partial charge is 0.317 e. The normalized spacial score (nSPS) is 28.3. The first-order valence-electron chi connectivity index (χ1n) is 6.24. The summed E-state index contributed by atoms with van der Waals surface area (Å²) in [6.45, 7) is 9.57. The smallest absolute Gasteiger partial charge is 0.00201 e. The lowest BCUT2D eigenvalue weighted by molar-refractivity contribution is 0.402. The first kappa shape index (κ1) is 12.0. The van der Waals surface area contributed by atoms with E-state index in [1.165, 1.54) is 51.9 Å². The Balaban J connectivity index is 0.000000140. The predicted octanol–water partition coefficient (Wildman–Crippen LogP) is 2.01. The van der Waals surface area contributed by atoms with Gasteiger partial charge in [-0.25, -0.2) is 0 Å². The molecular formula is C12H26N2. The minimum atomic E-state index is 0.973. The Bertz CT molecular complexity index is 124. The molecule has 2 aliphatic heterocycles. The van der Waals surface area contributed by atoms with E-state index in [0.717, 1.165) is 11.8 Å². The molecule has 0 radical (unpaired) electrons. The van der Waals surface area contributed by atoms with Gasteiger partial charge in [0.15, 0.2) is 0 Å². The van der Waals surface area contributed by atoms with Gasteiger partial charge in [-0.2, -0.15) is 0 Å². The molecule has 0 unspecified atom stereocenters. The highest BCUT2D eigenvalue weighted by Gasteiger charge is 2.10. The predicted molar refractivity (Wildman–Crippen MR) is 62.5 cm³/mol. The van der Waals surface area contributed by atoms with Crippen molar-refractivity contribution >= 4 is 0 Å². The van der Waals surface area contributed by atoms with Crippen LogP contribution >= 0.6 is 0 Å². The van der Waals surface area contributed by atoms with E-state index in [9.17, 15) is 0 Å². The highest BCUT2D eigenvalue weighted by Crippen LogP contribution is 2.09. The van der Waals surface area contributed by atoms with Crippen molar-refractivity contribution in [3.05, 3.63) is 0 Å². The van der Waals surface area contributed by atoms with Gasteiger partial charge in [-0.15, -0.1) is 0 Å². The van der Waals surface area contributed by atoms with E-state index in [0.29, 0.717) is 0 Å². The number of nitrogens with one attached hydrogen (secondary N) is 2. The maximum atomic E-state index is 3.32. The van der Waals surface area contributed by atoms with E-state index in [4.69, 9.17) is 0 Å². The molecule has 0 aromatic heterocycles. The fourth-order valence-corrected chi connectivity index (χ4v) is 2.03. The summed E-state index contributed by atoms with van der Waals surface area (Å²) >= 11 is 0. The van der Waals surface area contributed by atoms with Crippen molar-refractivity contribution < 1.29 is 0 Å². The van der Waals surface area contributed by atoms with Crippen molar-refractivity contribution in [1.82, 2.24) is 10.6 Å². The first-order valence-corrected chi connectivity index (χ1v) is 6.24. The summed E-state index contributed by atoms with van der Waals surface area (Å²) in [5.74, 6) is 1.96. The molecule has 1 atom stereocenters. The van der Waals surface area contributed by atoms with Gasteiger partial charge in [-0.3, -0.25) is 0 Å². The summed E-state index contributed by atoms with van der Waals surface area (Å²) in [6.07, 6.45) is 5.50. The summed E-state index contributed by atoms with van der Waals surface area (Å²) in [7, 11) is 0. The molecule has 2 fully saturated rings. The van der Waals surface area contributed by atoms with Crippen LogP contribution in [-0.2, 0) is 0 Å². The highest BCUT2D eigenvalue weighted by atomic mass is 14.9. The molecule has 2 heteroatoms. The van der Waals surface area contributed by atoms with Crippen molar-refractivity contribution in [2.75, 3.05) is 26.2 Å². The molecule has 84 valence electrons. The third-order valence-electron chi connectivity index (χ3n) is 3.37. The zero-order valence-corrected chi connectivity index (χ0v) is 9.81. The lowest BCUT2D eigenvalue weighted by atomic mass is 10.0. The van der Waals surface area contributed by atoms with Gasteiger partial charge in [0.05, 0.1) is 0 Å². The molecule has 0 aromatic carbocycles. The van der Waals surface area contributed by atoms with Crippen LogP contribution in [0.1, 0.15) is 39.5 Å². The van der Waals surface area contributed by atoms with Gasteiger partial charge < -0.3 is 10.6 Å². The summed E-state index contributed by atoms with van der Waals surface area (Å²) in [6, 6.07) is 0. The van der Waals surface area contributed by atoms with Gasteiger partial charge in [0.2, 0.25) is 0 Å². The summed E-state index contributed by atoms with van der Waals surface area (Å²) in [5.41, 5.74) is 0. The molecule has 2 aliphatic rings. The van der Waals surface area contributed by atoms with Crippen LogP contribution < -0.4 is 10.6 Å². The SMILES string of the molecule is CC1CCNCC1.CC[C@H]1CCNC1. The molecule has 2 saturated heterocycles. The molecule has 2 nitrogen and oxygen atoms in total. The van der Waals surface area contributed by atoms with E-state index in [1.54, 1.807) is 0 Å². The minimum Gasteiger partial charge on any atom is -0.317 e. The van der Waals surface area contributed by atoms with Crippen molar-refractivity contribution in [3.63, 3.8) is 0 Å². The number of hydrogen-bond acceptors (Lipinski definition) is 2. The standard InChI is InChI=1S/2C6H13N/c1-6-2-4-7-5-3-6;1-2-6-3-4-7-5-6/h2*6-7H,2-5H2,1H3/t;6-/m.0/s1. The van der Waals surface area contributed by atoms with Crippen molar-refractivity contribution in [2.24, 2.45) is 11.8 Å². The zero-order chi connectivity index (χ0) is 10.2. The van der Waals surface area contributed by atoms with Crippen LogP contribution in [0.3, 0.4) is 0 Å². The Morgan fingerprint density at radius 2 is 1.64 bits per heavy atom. The van der Waals surface area contributed by atoms with Crippen LogP contribution in [0.5, 0.6) is 0 Å². The Kier molecular flexibility index (Phi) is 6.20. The van der Waals surface area contributed by atoms with Crippen LogP contribution in [0.2, 0.25) is 0 Å². The molecule has 0 amide bonds. The van der Waals surface area contributed by atoms with E-state index >= 15 is 0 Å². The van der Waals surface area contributed by atoms with Crippen LogP contribution in [0.15, 0.2) is 0 Å².